The maximum atomic E-state index is 11.0. The van der Waals surface area contributed by atoms with Gasteiger partial charge in [-0.2, -0.15) is 0 Å². The van der Waals surface area contributed by atoms with Crippen molar-refractivity contribution < 1.29 is 15.3 Å². The van der Waals surface area contributed by atoms with Gasteiger partial charge in [-0.3, -0.25) is 0 Å². The Labute approximate surface area is 177 Å². The highest BCUT2D eigenvalue weighted by atomic mass is 16.3. The third kappa shape index (κ3) is 3.24. The molecule has 3 heteroatoms. The van der Waals surface area contributed by atoms with Crippen LogP contribution in [0.5, 0.6) is 0 Å². The van der Waals surface area contributed by atoms with Crippen molar-refractivity contribution in [2.24, 2.45) is 58.2 Å². The molecule has 5 fully saturated rings. The second-order valence-corrected chi connectivity index (χ2v) is 12.5. The lowest BCUT2D eigenvalue weighted by molar-refractivity contribution is -0.131. The summed E-state index contributed by atoms with van der Waals surface area (Å²) in [5.74, 6) is 5.39. The normalized spacial score (nSPS) is 50.0. The van der Waals surface area contributed by atoms with Crippen LogP contribution in [0.3, 0.4) is 0 Å². The average Bonchev–Trinajstić information content (AvgIpc) is 3.44. The minimum atomic E-state index is -0.269. The molecule has 9 atom stereocenters. The average molecular weight is 405 g/mol. The largest absolute Gasteiger partial charge is 0.396 e. The molecule has 0 saturated heterocycles. The van der Waals surface area contributed by atoms with Gasteiger partial charge in [0.1, 0.15) is 0 Å². The fraction of sp³-hybridized carbons (Fsp3) is 1.00. The third-order valence-corrected chi connectivity index (χ3v) is 11.0. The molecule has 0 radical (unpaired) electrons. The summed E-state index contributed by atoms with van der Waals surface area (Å²) in [7, 11) is 0. The summed E-state index contributed by atoms with van der Waals surface area (Å²) >= 11 is 0. The zero-order valence-electron chi connectivity index (χ0n) is 18.7. The van der Waals surface area contributed by atoms with E-state index in [1.165, 1.54) is 57.8 Å². The van der Waals surface area contributed by atoms with Crippen LogP contribution in [0.4, 0.5) is 0 Å². The van der Waals surface area contributed by atoms with Gasteiger partial charge in [-0.05, 0) is 111 Å². The first-order valence-corrected chi connectivity index (χ1v) is 12.8. The van der Waals surface area contributed by atoms with Gasteiger partial charge >= 0.3 is 0 Å². The molecule has 5 rings (SSSR count). The smallest absolute Gasteiger partial charge is 0.0576 e. The molecule has 0 spiro atoms. The molecule has 0 aromatic carbocycles. The van der Waals surface area contributed by atoms with Gasteiger partial charge in [-0.1, -0.05) is 26.7 Å². The van der Waals surface area contributed by atoms with Crippen LogP contribution >= 0.6 is 0 Å². The highest BCUT2D eigenvalue weighted by molar-refractivity contribution is 5.10. The molecule has 5 aliphatic carbocycles. The van der Waals surface area contributed by atoms with Crippen LogP contribution in [0, 0.1) is 58.2 Å². The first-order valence-electron chi connectivity index (χ1n) is 12.8. The van der Waals surface area contributed by atoms with Crippen molar-refractivity contribution in [1.82, 2.24) is 0 Å². The Bertz CT molecular complexity index is 597. The van der Waals surface area contributed by atoms with Gasteiger partial charge in [0.25, 0.3) is 0 Å². The lowest BCUT2D eigenvalue weighted by atomic mass is 9.47. The van der Waals surface area contributed by atoms with Gasteiger partial charge in [0.05, 0.1) is 19.3 Å². The lowest BCUT2D eigenvalue weighted by Crippen LogP contribution is -2.54. The Morgan fingerprint density at radius 2 is 1.66 bits per heavy atom. The van der Waals surface area contributed by atoms with Crippen LogP contribution in [0.25, 0.3) is 0 Å². The van der Waals surface area contributed by atoms with Crippen LogP contribution in [-0.2, 0) is 0 Å². The van der Waals surface area contributed by atoms with E-state index in [1.807, 2.05) is 0 Å². The Morgan fingerprint density at radius 3 is 2.34 bits per heavy atom. The van der Waals surface area contributed by atoms with E-state index >= 15 is 0 Å². The molecule has 0 aliphatic heterocycles. The predicted molar refractivity (Wildman–Crippen MR) is 115 cm³/mol. The second kappa shape index (κ2) is 7.48. The van der Waals surface area contributed by atoms with Crippen molar-refractivity contribution in [2.75, 3.05) is 13.2 Å². The Hall–Kier alpha value is -0.120. The fourth-order valence-corrected chi connectivity index (χ4v) is 9.66. The molecule has 29 heavy (non-hydrogen) atoms. The molecule has 5 saturated carbocycles. The number of rotatable bonds is 5. The number of hydrogen-bond donors (Lipinski definition) is 3. The molecule has 1 unspecified atom stereocenters. The molecule has 3 N–H and O–H groups in total. The molecule has 5 aliphatic rings. The topological polar surface area (TPSA) is 60.7 Å². The van der Waals surface area contributed by atoms with Crippen molar-refractivity contribution >= 4 is 0 Å². The lowest BCUT2D eigenvalue weighted by Gasteiger charge is -2.58. The van der Waals surface area contributed by atoms with Gasteiger partial charge in [0.2, 0.25) is 0 Å². The SMILES string of the molecule is C[C@H]1CC(O)[C@H]2[C@H](CC[C@@H]3[C@H]2CC[C@]2(C)[C@@H](C(CO)(CO)CC4CC4)CC[C@@H]32)C1. The van der Waals surface area contributed by atoms with Gasteiger partial charge in [0, 0.05) is 5.41 Å². The van der Waals surface area contributed by atoms with Crippen molar-refractivity contribution in [3.63, 3.8) is 0 Å². The molecular formula is C26H44O3. The monoisotopic (exact) mass is 404 g/mol. The zero-order valence-corrected chi connectivity index (χ0v) is 18.7. The van der Waals surface area contributed by atoms with Gasteiger partial charge < -0.3 is 15.3 Å². The third-order valence-electron chi connectivity index (χ3n) is 11.0. The maximum absolute atomic E-state index is 11.0. The van der Waals surface area contributed by atoms with E-state index in [-0.39, 0.29) is 30.1 Å². The molecule has 0 aromatic rings. The summed E-state index contributed by atoms with van der Waals surface area (Å²) in [6, 6.07) is 0. The Kier molecular flexibility index (Phi) is 5.36. The molecule has 3 nitrogen and oxygen atoms in total. The molecule has 0 aromatic heterocycles. The molecule has 0 bridgehead atoms. The van der Waals surface area contributed by atoms with Gasteiger partial charge in [-0.15, -0.1) is 0 Å². The number of aliphatic hydroxyl groups is 3. The summed E-state index contributed by atoms with van der Waals surface area (Å²) in [6.45, 7) is 5.16. The standard InChI is InChI=1S/C26H44O3/c1-16-11-18-5-6-19-20(24(18)22(29)12-16)9-10-25(2)21(19)7-8-23(25)26(14-27,15-28)13-17-3-4-17/h16-24,27-29H,3-15H2,1-2H3/t16-,18-,19-,20-,21+,22?,23+,24+,25+/m1/s1. The summed E-state index contributed by atoms with van der Waals surface area (Å²) in [5, 5.41) is 32.0. The fourth-order valence-electron chi connectivity index (χ4n) is 9.66. The Morgan fingerprint density at radius 1 is 0.897 bits per heavy atom. The number of hydrogen-bond acceptors (Lipinski definition) is 3. The van der Waals surface area contributed by atoms with E-state index in [9.17, 15) is 15.3 Å². The highest BCUT2D eigenvalue weighted by Crippen LogP contribution is 2.68. The first-order chi connectivity index (χ1) is 13.9. The van der Waals surface area contributed by atoms with E-state index in [1.54, 1.807) is 0 Å². The van der Waals surface area contributed by atoms with Crippen LogP contribution in [0.15, 0.2) is 0 Å². The Balaban J connectivity index is 1.39. The highest BCUT2D eigenvalue weighted by Gasteiger charge is 2.62. The molecule has 0 amide bonds. The van der Waals surface area contributed by atoms with Gasteiger partial charge in [0.15, 0.2) is 0 Å². The van der Waals surface area contributed by atoms with E-state index in [2.05, 4.69) is 13.8 Å². The van der Waals surface area contributed by atoms with Crippen molar-refractivity contribution in [2.45, 2.75) is 90.6 Å². The summed E-state index contributed by atoms with van der Waals surface area (Å²) < 4.78 is 0. The molecule has 166 valence electrons. The van der Waals surface area contributed by atoms with E-state index < -0.39 is 0 Å². The number of aliphatic hydroxyl groups excluding tert-OH is 3. The summed E-state index contributed by atoms with van der Waals surface area (Å²) in [6.07, 6.45) is 13.5. The molecule has 0 heterocycles. The second-order valence-electron chi connectivity index (χ2n) is 12.5. The number of fused-ring (bicyclic) bond motifs is 5. The zero-order chi connectivity index (χ0) is 20.4. The quantitative estimate of drug-likeness (QED) is 0.626. The van der Waals surface area contributed by atoms with Crippen LogP contribution in [0.1, 0.15) is 84.5 Å². The maximum Gasteiger partial charge on any atom is 0.0576 e. The summed E-state index contributed by atoms with van der Waals surface area (Å²) in [5.41, 5.74) is -0.00421. The minimum absolute atomic E-state index is 0.0815. The minimum Gasteiger partial charge on any atom is -0.396 e. The van der Waals surface area contributed by atoms with E-state index in [4.69, 9.17) is 0 Å². The van der Waals surface area contributed by atoms with Crippen molar-refractivity contribution in [3.8, 4) is 0 Å². The first kappa shape index (κ1) is 20.8. The van der Waals surface area contributed by atoms with Crippen molar-refractivity contribution in [1.29, 1.82) is 0 Å². The summed E-state index contributed by atoms with van der Waals surface area (Å²) in [4.78, 5) is 0. The van der Waals surface area contributed by atoms with E-state index in [0.29, 0.717) is 23.7 Å². The van der Waals surface area contributed by atoms with Gasteiger partial charge in [-0.25, -0.2) is 0 Å². The van der Waals surface area contributed by atoms with Crippen LogP contribution in [-0.4, -0.2) is 34.6 Å². The predicted octanol–water partition coefficient (Wildman–Crippen LogP) is 4.63. The van der Waals surface area contributed by atoms with Crippen molar-refractivity contribution in [3.05, 3.63) is 0 Å². The molecular weight excluding hydrogens is 360 g/mol. The van der Waals surface area contributed by atoms with Crippen LogP contribution < -0.4 is 0 Å². The van der Waals surface area contributed by atoms with Crippen LogP contribution in [0.2, 0.25) is 0 Å². The van der Waals surface area contributed by atoms with E-state index in [0.717, 1.165) is 36.5 Å².